The zero-order chi connectivity index (χ0) is 13.4. The normalized spacial score (nSPS) is 10.7. The second-order valence-electron chi connectivity index (χ2n) is 3.89. The van der Waals surface area contributed by atoms with Gasteiger partial charge in [0, 0.05) is 5.56 Å². The third kappa shape index (κ3) is 1.68. The molecule has 2 aromatic heterocycles. The number of aromatic nitrogens is 4. The van der Waals surface area contributed by atoms with E-state index in [1.807, 2.05) is 30.3 Å². The van der Waals surface area contributed by atoms with Crippen molar-refractivity contribution >= 4 is 11.4 Å². The second kappa shape index (κ2) is 4.05. The quantitative estimate of drug-likeness (QED) is 0.681. The number of amides is 1. The van der Waals surface area contributed by atoms with Gasteiger partial charge in [0.1, 0.15) is 6.33 Å². The van der Waals surface area contributed by atoms with Gasteiger partial charge in [-0.1, -0.05) is 30.3 Å². The van der Waals surface area contributed by atoms with Gasteiger partial charge < -0.3 is 10.7 Å². The van der Waals surface area contributed by atoms with Crippen LogP contribution in [0.1, 0.15) is 10.5 Å². The van der Waals surface area contributed by atoms with Crippen molar-refractivity contribution in [1.82, 2.24) is 19.6 Å². The van der Waals surface area contributed by atoms with Gasteiger partial charge in [-0.15, -0.1) is 0 Å². The molecule has 0 saturated heterocycles. The summed E-state index contributed by atoms with van der Waals surface area (Å²) < 4.78 is 1.31. The van der Waals surface area contributed by atoms with Gasteiger partial charge >= 0.3 is 0 Å². The molecule has 7 heteroatoms. The number of aromatic amines is 1. The van der Waals surface area contributed by atoms with Gasteiger partial charge in [0.15, 0.2) is 17.0 Å². The van der Waals surface area contributed by atoms with Crippen molar-refractivity contribution < 1.29 is 4.79 Å². The number of carbonyl (C=O) groups is 1. The smallest absolute Gasteiger partial charge is 0.277 e. The number of hydrogen-bond acceptors (Lipinski definition) is 4. The summed E-state index contributed by atoms with van der Waals surface area (Å²) in [5.41, 5.74) is 5.48. The van der Waals surface area contributed by atoms with Crippen molar-refractivity contribution in [3.8, 4) is 11.4 Å². The number of imidazole rings is 1. The number of primary amides is 1. The number of nitrogens with one attached hydrogen (secondary N) is 1. The molecule has 0 spiro atoms. The summed E-state index contributed by atoms with van der Waals surface area (Å²) in [6, 6.07) is 9.13. The van der Waals surface area contributed by atoms with E-state index < -0.39 is 11.5 Å². The summed E-state index contributed by atoms with van der Waals surface area (Å²) in [5.74, 6) is -0.367. The predicted octanol–water partition coefficient (Wildman–Crippen LogP) is 0.184. The zero-order valence-electron chi connectivity index (χ0n) is 9.70. The summed E-state index contributed by atoms with van der Waals surface area (Å²) in [6.07, 6.45) is 1.24. The maximum absolute atomic E-state index is 11.8. The first-order valence-corrected chi connectivity index (χ1v) is 5.50. The van der Waals surface area contributed by atoms with Crippen molar-refractivity contribution in [2.75, 3.05) is 0 Å². The van der Waals surface area contributed by atoms with Crippen molar-refractivity contribution in [2.45, 2.75) is 0 Å². The van der Waals surface area contributed by atoms with E-state index in [0.717, 1.165) is 5.56 Å². The van der Waals surface area contributed by atoms with Crippen molar-refractivity contribution in [1.29, 1.82) is 0 Å². The van der Waals surface area contributed by atoms with E-state index in [1.54, 1.807) is 0 Å². The second-order valence-corrected chi connectivity index (χ2v) is 3.89. The molecule has 2 heterocycles. The van der Waals surface area contributed by atoms with Gasteiger partial charge in [0.2, 0.25) is 0 Å². The molecular weight excluding hydrogens is 246 g/mol. The molecular formula is C12H9N5O2. The molecule has 7 nitrogen and oxygen atoms in total. The summed E-state index contributed by atoms with van der Waals surface area (Å²) in [4.78, 5) is 29.7. The van der Waals surface area contributed by atoms with Crippen molar-refractivity contribution in [3.05, 3.63) is 52.7 Å². The molecule has 1 aromatic carbocycles. The molecule has 0 bridgehead atoms. The molecule has 0 unspecified atom stereocenters. The van der Waals surface area contributed by atoms with Crippen molar-refractivity contribution in [3.63, 3.8) is 0 Å². The lowest BCUT2D eigenvalue weighted by atomic mass is 10.2. The average Bonchev–Trinajstić information content (AvgIpc) is 2.81. The molecule has 0 aliphatic carbocycles. The summed E-state index contributed by atoms with van der Waals surface area (Å²) in [6.45, 7) is 0. The van der Waals surface area contributed by atoms with Crippen LogP contribution in [-0.2, 0) is 0 Å². The molecule has 3 aromatic rings. The van der Waals surface area contributed by atoms with E-state index in [4.69, 9.17) is 5.73 Å². The van der Waals surface area contributed by atoms with Crippen LogP contribution in [0.15, 0.2) is 41.5 Å². The van der Waals surface area contributed by atoms with Crippen LogP contribution >= 0.6 is 0 Å². The standard InChI is InChI=1S/C12H9N5O2/c13-10(18)8-9-12(19)14-6-15-17(9)11(16-8)7-4-2-1-3-5-7/h1-6H,(H2,13,18)(H,14,15,19). The highest BCUT2D eigenvalue weighted by atomic mass is 16.1. The Kier molecular flexibility index (Phi) is 2.38. The predicted molar refractivity (Wildman–Crippen MR) is 67.6 cm³/mol. The largest absolute Gasteiger partial charge is 0.364 e. The van der Waals surface area contributed by atoms with Crippen LogP contribution < -0.4 is 11.3 Å². The molecule has 94 valence electrons. The minimum atomic E-state index is -0.766. The average molecular weight is 255 g/mol. The molecule has 0 aliphatic rings. The third-order valence-corrected chi connectivity index (χ3v) is 2.70. The van der Waals surface area contributed by atoms with E-state index in [9.17, 15) is 9.59 Å². The number of rotatable bonds is 2. The fourth-order valence-corrected chi connectivity index (χ4v) is 1.89. The van der Waals surface area contributed by atoms with Crippen LogP contribution in [0.2, 0.25) is 0 Å². The first-order valence-electron chi connectivity index (χ1n) is 5.50. The van der Waals surface area contributed by atoms with Gasteiger partial charge in [0.05, 0.1) is 0 Å². The molecule has 3 N–H and O–H groups in total. The third-order valence-electron chi connectivity index (χ3n) is 2.70. The van der Waals surface area contributed by atoms with Gasteiger partial charge in [-0.05, 0) is 0 Å². The Balaban J connectivity index is 2.42. The molecule has 1 amide bonds. The Hall–Kier alpha value is -2.96. The summed E-state index contributed by atoms with van der Waals surface area (Å²) in [5, 5.41) is 4.01. The van der Waals surface area contributed by atoms with Gasteiger partial charge in [-0.3, -0.25) is 9.59 Å². The van der Waals surface area contributed by atoms with Crippen molar-refractivity contribution in [2.24, 2.45) is 5.73 Å². The van der Waals surface area contributed by atoms with Crippen LogP contribution in [0.5, 0.6) is 0 Å². The number of benzene rings is 1. The number of carbonyl (C=O) groups excluding carboxylic acids is 1. The van der Waals surface area contributed by atoms with Gasteiger partial charge in [-0.25, -0.2) is 9.50 Å². The number of H-pyrrole nitrogens is 1. The molecule has 0 saturated carbocycles. The Morgan fingerprint density at radius 2 is 2.00 bits per heavy atom. The van der Waals surface area contributed by atoms with E-state index in [0.29, 0.717) is 5.82 Å². The zero-order valence-corrected chi connectivity index (χ0v) is 9.70. The Morgan fingerprint density at radius 3 is 2.68 bits per heavy atom. The maximum atomic E-state index is 11.8. The molecule has 0 atom stereocenters. The lowest BCUT2D eigenvalue weighted by Gasteiger charge is -1.98. The molecule has 0 aliphatic heterocycles. The first-order chi connectivity index (χ1) is 9.18. The summed E-state index contributed by atoms with van der Waals surface area (Å²) in [7, 11) is 0. The minimum Gasteiger partial charge on any atom is -0.364 e. The topological polar surface area (TPSA) is 106 Å². The lowest BCUT2D eigenvalue weighted by molar-refractivity contribution is 0.0997. The SMILES string of the molecule is NC(=O)c1nc(-c2ccccc2)n2nc[nH]c(=O)c12. The van der Waals surface area contributed by atoms with Gasteiger partial charge in [-0.2, -0.15) is 5.10 Å². The fraction of sp³-hybridized carbons (Fsp3) is 0. The van der Waals surface area contributed by atoms with E-state index in [-0.39, 0.29) is 11.2 Å². The van der Waals surface area contributed by atoms with Crippen LogP contribution in [0.3, 0.4) is 0 Å². The van der Waals surface area contributed by atoms with E-state index in [1.165, 1.54) is 10.8 Å². The first kappa shape index (κ1) is 11.1. The number of hydrogen-bond donors (Lipinski definition) is 2. The number of nitrogens with zero attached hydrogens (tertiary/aromatic N) is 3. The van der Waals surface area contributed by atoms with Crippen LogP contribution in [0, 0.1) is 0 Å². The Morgan fingerprint density at radius 1 is 1.26 bits per heavy atom. The molecule has 0 fully saturated rings. The maximum Gasteiger partial charge on any atom is 0.277 e. The lowest BCUT2D eigenvalue weighted by Crippen LogP contribution is -2.17. The fourth-order valence-electron chi connectivity index (χ4n) is 1.89. The number of nitrogens with two attached hydrogens (primary N) is 1. The van der Waals surface area contributed by atoms with Gasteiger partial charge in [0.25, 0.3) is 11.5 Å². The number of fused-ring (bicyclic) bond motifs is 1. The highest BCUT2D eigenvalue weighted by Gasteiger charge is 2.19. The molecule has 0 radical (unpaired) electrons. The highest BCUT2D eigenvalue weighted by molar-refractivity contribution is 5.98. The molecule has 3 rings (SSSR count). The van der Waals surface area contributed by atoms with Crippen LogP contribution in [-0.4, -0.2) is 25.5 Å². The monoisotopic (exact) mass is 255 g/mol. The Bertz CT molecular complexity index is 819. The van der Waals surface area contributed by atoms with E-state index >= 15 is 0 Å². The van der Waals surface area contributed by atoms with E-state index in [2.05, 4.69) is 15.1 Å². The van der Waals surface area contributed by atoms with Crippen LogP contribution in [0.4, 0.5) is 0 Å². The van der Waals surface area contributed by atoms with Crippen LogP contribution in [0.25, 0.3) is 16.9 Å². The summed E-state index contributed by atoms with van der Waals surface area (Å²) >= 11 is 0. The highest BCUT2D eigenvalue weighted by Crippen LogP contribution is 2.19. The minimum absolute atomic E-state index is 0.0499. The molecule has 19 heavy (non-hydrogen) atoms. The Labute approximate surface area is 106 Å².